The number of esters is 1. The molecular formula is C14H15BNO6-. The van der Waals surface area contributed by atoms with Crippen LogP contribution in [0.25, 0.3) is 0 Å². The lowest BCUT2D eigenvalue weighted by molar-refractivity contribution is -0.208. The maximum absolute atomic E-state index is 11.7. The standard InChI is InChI=1S/C14H16BNO6/c15-14(21)16-10(7-17)8-22-12(18)6-11(13(19)20)9-4-2-1-3-5-9/h1-5,10-11,17H,6-8H2,(H,16,21)(H,19,20)/p-1. The van der Waals surface area contributed by atoms with Gasteiger partial charge in [0.1, 0.15) is 20.5 Å². The Balaban J connectivity index is 2.62. The van der Waals surface area contributed by atoms with E-state index >= 15 is 0 Å². The maximum atomic E-state index is 11.7. The molecule has 22 heavy (non-hydrogen) atoms. The fraction of sp³-hybridized carbons (Fsp3) is 0.357. The molecule has 0 saturated heterocycles. The van der Waals surface area contributed by atoms with Crippen molar-refractivity contribution in [2.45, 2.75) is 18.4 Å². The number of aliphatic hydroxyl groups is 1. The number of aliphatic hydroxyl groups excluding tert-OH is 1. The van der Waals surface area contributed by atoms with Crippen LogP contribution in [0, 0.1) is 0 Å². The summed E-state index contributed by atoms with van der Waals surface area (Å²) in [5.41, 5.74) is 0.479. The number of hydrogen-bond donors (Lipinski definition) is 2. The summed E-state index contributed by atoms with van der Waals surface area (Å²) in [6.45, 7) is -0.864. The number of carbonyl (C=O) groups is 2. The van der Waals surface area contributed by atoms with Crippen molar-refractivity contribution in [3.05, 3.63) is 35.9 Å². The largest absolute Gasteiger partial charge is 0.870 e. The van der Waals surface area contributed by atoms with Gasteiger partial charge in [-0.3, -0.25) is 9.59 Å². The summed E-state index contributed by atoms with van der Waals surface area (Å²) < 4.78 is 4.83. The molecule has 0 aliphatic carbocycles. The molecule has 0 aromatic heterocycles. The monoisotopic (exact) mass is 304 g/mol. The third-order valence-electron chi connectivity index (χ3n) is 2.83. The third-order valence-corrected chi connectivity index (χ3v) is 2.83. The summed E-state index contributed by atoms with van der Waals surface area (Å²) >= 11 is 0. The van der Waals surface area contributed by atoms with Gasteiger partial charge >= 0.3 is 11.9 Å². The predicted molar refractivity (Wildman–Crippen MR) is 76.5 cm³/mol. The Bertz CT molecular complexity index is 529. The molecule has 7 nitrogen and oxygen atoms in total. The fourth-order valence-corrected chi connectivity index (χ4v) is 1.76. The van der Waals surface area contributed by atoms with Crippen molar-refractivity contribution in [3.8, 4) is 0 Å². The lowest BCUT2D eigenvalue weighted by atomic mass is 9.96. The second-order valence-corrected chi connectivity index (χ2v) is 4.49. The van der Waals surface area contributed by atoms with E-state index in [-0.39, 0.29) is 13.0 Å². The maximum Gasteiger partial charge on any atom is 0.311 e. The molecule has 0 bridgehead atoms. The highest BCUT2D eigenvalue weighted by Gasteiger charge is 2.24. The lowest BCUT2D eigenvalue weighted by Crippen LogP contribution is -2.27. The van der Waals surface area contributed by atoms with Crippen molar-refractivity contribution in [2.24, 2.45) is 4.99 Å². The first-order valence-corrected chi connectivity index (χ1v) is 6.48. The normalized spacial score (nSPS) is 14.1. The molecule has 0 aliphatic heterocycles. The quantitative estimate of drug-likeness (QED) is 0.276. The number of aliphatic carboxylic acids is 1. The molecule has 0 heterocycles. The summed E-state index contributed by atoms with van der Waals surface area (Å²) in [6.07, 6.45) is -0.367. The molecule has 1 aromatic carbocycles. The summed E-state index contributed by atoms with van der Waals surface area (Å²) in [6, 6.07) is 7.32. The summed E-state index contributed by atoms with van der Waals surface area (Å²) in [7, 11) is 4.84. The van der Waals surface area contributed by atoms with E-state index in [4.69, 9.17) is 17.7 Å². The smallest absolute Gasteiger partial charge is 0.311 e. The highest BCUT2D eigenvalue weighted by Crippen LogP contribution is 2.20. The third kappa shape index (κ3) is 5.96. The molecule has 2 N–H and O–H groups in total. The van der Waals surface area contributed by atoms with Crippen LogP contribution in [0.1, 0.15) is 17.9 Å². The van der Waals surface area contributed by atoms with Crippen molar-refractivity contribution in [2.75, 3.05) is 13.2 Å². The van der Waals surface area contributed by atoms with Crippen LogP contribution in [-0.4, -0.2) is 55.1 Å². The minimum Gasteiger partial charge on any atom is -0.870 e. The van der Waals surface area contributed by atoms with E-state index in [0.29, 0.717) is 5.56 Å². The Kier molecular flexibility index (Phi) is 7.11. The van der Waals surface area contributed by atoms with Gasteiger partial charge in [-0.2, -0.15) is 0 Å². The van der Waals surface area contributed by atoms with E-state index in [1.807, 2.05) is 0 Å². The predicted octanol–water partition coefficient (Wildman–Crippen LogP) is -0.966. The van der Waals surface area contributed by atoms with Crippen LogP contribution in [0.5, 0.6) is 0 Å². The van der Waals surface area contributed by atoms with Gasteiger partial charge in [0.05, 0.1) is 18.9 Å². The van der Waals surface area contributed by atoms with Gasteiger partial charge < -0.3 is 25.0 Å². The SMILES string of the molecule is [B]C([O-])=NC(CO)COC(=O)CC(C(=O)O)c1ccccc1. The first kappa shape index (κ1) is 17.7. The van der Waals surface area contributed by atoms with Crippen molar-refractivity contribution < 1.29 is 29.6 Å². The van der Waals surface area contributed by atoms with Crippen LogP contribution in [0.15, 0.2) is 35.3 Å². The number of carboxylic acids is 1. The first-order chi connectivity index (χ1) is 10.4. The van der Waals surface area contributed by atoms with Crippen LogP contribution in [0.4, 0.5) is 0 Å². The zero-order chi connectivity index (χ0) is 16.5. The number of carbonyl (C=O) groups excluding carboxylic acids is 1. The molecule has 1 rings (SSSR count). The number of hydrogen-bond acceptors (Lipinski definition) is 6. The van der Waals surface area contributed by atoms with E-state index in [2.05, 4.69) is 4.99 Å². The molecule has 0 saturated carbocycles. The first-order valence-electron chi connectivity index (χ1n) is 6.48. The summed E-state index contributed by atoms with van der Waals surface area (Å²) in [4.78, 5) is 26.3. The van der Waals surface area contributed by atoms with E-state index in [0.717, 1.165) is 0 Å². The van der Waals surface area contributed by atoms with Crippen LogP contribution in [0.3, 0.4) is 0 Å². The zero-order valence-corrected chi connectivity index (χ0v) is 11.7. The van der Waals surface area contributed by atoms with E-state index in [1.54, 1.807) is 30.3 Å². The second-order valence-electron chi connectivity index (χ2n) is 4.49. The molecule has 0 spiro atoms. The average molecular weight is 304 g/mol. The Morgan fingerprint density at radius 2 is 1.95 bits per heavy atom. The van der Waals surface area contributed by atoms with E-state index in [9.17, 15) is 19.8 Å². The lowest BCUT2D eigenvalue weighted by Gasteiger charge is -2.16. The van der Waals surface area contributed by atoms with Crippen molar-refractivity contribution in [3.63, 3.8) is 0 Å². The minimum absolute atomic E-state index is 0.348. The van der Waals surface area contributed by atoms with Crippen LogP contribution in [-0.2, 0) is 14.3 Å². The fourth-order valence-electron chi connectivity index (χ4n) is 1.76. The van der Waals surface area contributed by atoms with Crippen LogP contribution >= 0.6 is 0 Å². The van der Waals surface area contributed by atoms with Crippen molar-refractivity contribution >= 4 is 25.6 Å². The molecular weight excluding hydrogens is 289 g/mol. The van der Waals surface area contributed by atoms with Gasteiger partial charge in [0, 0.05) is 0 Å². The average Bonchev–Trinajstić information content (AvgIpc) is 2.49. The highest BCUT2D eigenvalue weighted by molar-refractivity contribution is 6.55. The van der Waals surface area contributed by atoms with E-state index in [1.165, 1.54) is 0 Å². The summed E-state index contributed by atoms with van der Waals surface area (Å²) in [5.74, 6) is -3.93. The molecule has 2 unspecified atom stereocenters. The number of rotatable bonds is 8. The number of nitrogens with zero attached hydrogens (tertiary/aromatic N) is 1. The number of aliphatic imine (C=N–C) groups is 1. The van der Waals surface area contributed by atoms with Crippen molar-refractivity contribution in [1.82, 2.24) is 0 Å². The molecule has 0 fully saturated rings. The summed E-state index contributed by atoms with van der Waals surface area (Å²) in [5, 5.41) is 28.7. The molecule has 2 radical (unpaired) electrons. The molecule has 1 aromatic rings. The molecule has 8 heteroatoms. The van der Waals surface area contributed by atoms with Gasteiger partial charge in [0.25, 0.3) is 0 Å². The highest BCUT2D eigenvalue weighted by atomic mass is 16.5. The number of carboxylic acid groups (broad SMARTS) is 1. The van der Waals surface area contributed by atoms with Gasteiger partial charge in [0.15, 0.2) is 0 Å². The van der Waals surface area contributed by atoms with Gasteiger partial charge in [-0.25, -0.2) is 0 Å². The van der Waals surface area contributed by atoms with Crippen LogP contribution < -0.4 is 5.11 Å². The van der Waals surface area contributed by atoms with Gasteiger partial charge in [-0.1, -0.05) is 36.1 Å². The second kappa shape index (κ2) is 8.83. The number of benzene rings is 1. The Labute approximate surface area is 128 Å². The Morgan fingerprint density at radius 3 is 2.45 bits per heavy atom. The van der Waals surface area contributed by atoms with Gasteiger partial charge in [-0.05, 0) is 5.56 Å². The van der Waals surface area contributed by atoms with Crippen molar-refractivity contribution in [1.29, 1.82) is 0 Å². The molecule has 2 atom stereocenters. The zero-order valence-electron chi connectivity index (χ0n) is 11.7. The van der Waals surface area contributed by atoms with Gasteiger partial charge in [0.2, 0.25) is 0 Å². The molecule has 0 aliphatic rings. The van der Waals surface area contributed by atoms with Gasteiger partial charge in [-0.15, -0.1) is 0 Å². The van der Waals surface area contributed by atoms with Crippen LogP contribution in [0.2, 0.25) is 0 Å². The van der Waals surface area contributed by atoms with E-state index < -0.39 is 36.3 Å². The molecule has 0 amide bonds. The Morgan fingerprint density at radius 1 is 1.32 bits per heavy atom. The molecule has 116 valence electrons. The number of ether oxygens (including phenoxy) is 1. The minimum atomic E-state index is -1.15. The topological polar surface area (TPSA) is 119 Å². The Hall–Kier alpha value is -2.35.